The van der Waals surface area contributed by atoms with Crippen LogP contribution in [0.3, 0.4) is 0 Å². The maximum Gasteiger partial charge on any atom is 0.355 e. The minimum atomic E-state index is -0.632. The van der Waals surface area contributed by atoms with Crippen molar-refractivity contribution in [3.05, 3.63) is 59.8 Å². The van der Waals surface area contributed by atoms with Crippen LogP contribution >= 0.6 is 11.8 Å². The lowest BCUT2D eigenvalue weighted by molar-refractivity contribution is -0.151. The number of β-lactam (4-membered cyclic amide) rings is 1. The van der Waals surface area contributed by atoms with Gasteiger partial charge in [0.05, 0.1) is 13.5 Å². The second kappa shape index (κ2) is 7.14. The number of carbonyl (C=O) groups is 3. The van der Waals surface area contributed by atoms with E-state index in [-0.39, 0.29) is 29.3 Å². The van der Waals surface area contributed by atoms with Crippen LogP contribution in [0, 0.1) is 0 Å². The highest BCUT2D eigenvalue weighted by molar-refractivity contribution is 8.00. The molecule has 1 N–H and O–H groups in total. The summed E-state index contributed by atoms with van der Waals surface area (Å²) in [7, 11) is 1.27. The van der Waals surface area contributed by atoms with Crippen LogP contribution < -0.4 is 5.32 Å². The summed E-state index contributed by atoms with van der Waals surface area (Å²) >= 11 is 1.49. The van der Waals surface area contributed by atoms with Gasteiger partial charge in [-0.2, -0.15) is 0 Å². The van der Waals surface area contributed by atoms with Crippen LogP contribution in [0.2, 0.25) is 0 Å². The van der Waals surface area contributed by atoms with E-state index in [0.717, 1.165) is 5.56 Å². The average molecular weight is 358 g/mol. The van der Waals surface area contributed by atoms with Gasteiger partial charge in [0.15, 0.2) is 0 Å². The number of nitrogens with zero attached hydrogens (tertiary/aromatic N) is 1. The predicted octanol–water partition coefficient (Wildman–Crippen LogP) is 1.24. The Kier molecular flexibility index (Phi) is 4.94. The van der Waals surface area contributed by atoms with Gasteiger partial charge >= 0.3 is 5.97 Å². The van der Waals surface area contributed by atoms with Crippen molar-refractivity contribution >= 4 is 29.5 Å². The molecule has 2 heterocycles. The summed E-state index contributed by atoms with van der Waals surface area (Å²) in [5, 5.41) is 2.47. The van der Waals surface area contributed by atoms with Crippen LogP contribution in [-0.4, -0.2) is 47.0 Å². The number of carbonyl (C=O) groups excluding carboxylic acids is 3. The van der Waals surface area contributed by atoms with E-state index < -0.39 is 12.0 Å². The number of allylic oxidation sites excluding steroid dienone is 1. The first-order valence-electron chi connectivity index (χ1n) is 7.78. The van der Waals surface area contributed by atoms with Crippen LogP contribution in [0.15, 0.2) is 54.3 Å². The van der Waals surface area contributed by atoms with Crippen LogP contribution in [0.4, 0.5) is 0 Å². The van der Waals surface area contributed by atoms with E-state index in [1.165, 1.54) is 23.8 Å². The topological polar surface area (TPSA) is 75.7 Å². The summed E-state index contributed by atoms with van der Waals surface area (Å²) in [5.41, 5.74) is 1.76. The van der Waals surface area contributed by atoms with Gasteiger partial charge < -0.3 is 10.1 Å². The molecule has 0 spiro atoms. The molecule has 0 aliphatic carbocycles. The smallest absolute Gasteiger partial charge is 0.355 e. The second-order valence-electron chi connectivity index (χ2n) is 5.69. The Balaban J connectivity index is 1.71. The fourth-order valence-corrected chi connectivity index (χ4v) is 4.23. The molecule has 1 fully saturated rings. The molecule has 0 bridgehead atoms. The molecule has 0 radical (unpaired) electrons. The SMILES string of the molecule is C=CC1=C(C(=O)OC)N2C(=O)C(NC(=O)Cc3ccccc3)C2SC1. The average Bonchev–Trinajstić information content (AvgIpc) is 2.64. The monoisotopic (exact) mass is 358 g/mol. The number of ether oxygens (including phenoxy) is 1. The van der Waals surface area contributed by atoms with E-state index in [1.807, 2.05) is 30.3 Å². The molecule has 25 heavy (non-hydrogen) atoms. The lowest BCUT2D eigenvalue weighted by Gasteiger charge is -2.49. The molecule has 0 saturated carbocycles. The molecule has 1 saturated heterocycles. The third kappa shape index (κ3) is 3.19. The molecule has 2 aliphatic rings. The maximum absolute atomic E-state index is 12.5. The first kappa shape index (κ1) is 17.3. The number of esters is 1. The Morgan fingerprint density at radius 2 is 2.12 bits per heavy atom. The lowest BCUT2D eigenvalue weighted by atomic mass is 10.0. The minimum absolute atomic E-state index is 0.208. The molecule has 7 heteroatoms. The zero-order valence-electron chi connectivity index (χ0n) is 13.7. The molecule has 3 rings (SSSR count). The van der Waals surface area contributed by atoms with E-state index in [1.54, 1.807) is 6.08 Å². The standard InChI is InChI=1S/C18H18N2O4S/c1-3-12-10-25-17-14(16(22)20(17)15(12)18(23)24-2)19-13(21)9-11-7-5-4-6-8-11/h3-8,14,17H,1,9-10H2,2H3,(H,19,21). The number of benzene rings is 1. The quantitative estimate of drug-likeness (QED) is 0.633. The number of hydrogen-bond donors (Lipinski definition) is 1. The summed E-state index contributed by atoms with van der Waals surface area (Å²) < 4.78 is 4.78. The number of rotatable bonds is 5. The van der Waals surface area contributed by atoms with Crippen molar-refractivity contribution in [2.45, 2.75) is 17.8 Å². The number of fused-ring (bicyclic) bond motifs is 1. The molecule has 6 nitrogen and oxygen atoms in total. The zero-order chi connectivity index (χ0) is 18.0. The van der Waals surface area contributed by atoms with E-state index in [4.69, 9.17) is 4.74 Å². The predicted molar refractivity (Wildman–Crippen MR) is 94.4 cm³/mol. The van der Waals surface area contributed by atoms with Crippen molar-refractivity contribution in [1.29, 1.82) is 0 Å². The van der Waals surface area contributed by atoms with Crippen LogP contribution in [0.5, 0.6) is 0 Å². The number of nitrogens with one attached hydrogen (secondary N) is 1. The molecule has 1 aromatic carbocycles. The highest BCUT2D eigenvalue weighted by Crippen LogP contribution is 2.40. The third-order valence-electron chi connectivity index (χ3n) is 4.15. The van der Waals surface area contributed by atoms with Gasteiger partial charge in [-0.25, -0.2) is 4.79 Å². The van der Waals surface area contributed by atoms with Gasteiger partial charge in [-0.3, -0.25) is 14.5 Å². The molecule has 130 valence electrons. The van der Waals surface area contributed by atoms with E-state index in [2.05, 4.69) is 11.9 Å². The van der Waals surface area contributed by atoms with E-state index >= 15 is 0 Å². The molecule has 2 unspecified atom stereocenters. The summed E-state index contributed by atoms with van der Waals surface area (Å²) in [6.07, 6.45) is 1.77. The molecule has 2 amide bonds. The van der Waals surface area contributed by atoms with Gasteiger partial charge in [-0.05, 0) is 11.1 Å². The Morgan fingerprint density at radius 1 is 1.40 bits per heavy atom. The highest BCUT2D eigenvalue weighted by atomic mass is 32.2. The number of amides is 2. The molecular formula is C18H18N2O4S. The summed E-state index contributed by atoms with van der Waals surface area (Å²) in [6.45, 7) is 3.69. The van der Waals surface area contributed by atoms with Crippen LogP contribution in [0.1, 0.15) is 5.56 Å². The molecule has 2 aliphatic heterocycles. The third-order valence-corrected chi connectivity index (χ3v) is 5.45. The molecular weight excluding hydrogens is 340 g/mol. The normalized spacial score (nSPS) is 22.0. The Morgan fingerprint density at radius 3 is 2.76 bits per heavy atom. The van der Waals surface area contributed by atoms with Crippen molar-refractivity contribution in [2.75, 3.05) is 12.9 Å². The highest BCUT2D eigenvalue weighted by Gasteiger charge is 2.54. The summed E-state index contributed by atoms with van der Waals surface area (Å²) in [6, 6.07) is 8.69. The van der Waals surface area contributed by atoms with Gasteiger partial charge in [0, 0.05) is 5.75 Å². The second-order valence-corrected chi connectivity index (χ2v) is 6.79. The van der Waals surface area contributed by atoms with E-state index in [0.29, 0.717) is 11.3 Å². The van der Waals surface area contributed by atoms with Crippen LogP contribution in [0.25, 0.3) is 0 Å². The van der Waals surface area contributed by atoms with Crippen molar-refractivity contribution in [3.8, 4) is 0 Å². The first-order valence-corrected chi connectivity index (χ1v) is 8.83. The molecule has 0 aromatic heterocycles. The fraction of sp³-hybridized carbons (Fsp3) is 0.278. The largest absolute Gasteiger partial charge is 0.464 e. The minimum Gasteiger partial charge on any atom is -0.464 e. The van der Waals surface area contributed by atoms with Crippen molar-refractivity contribution in [2.24, 2.45) is 0 Å². The first-order chi connectivity index (χ1) is 12.1. The Hall–Kier alpha value is -2.54. The summed E-state index contributed by atoms with van der Waals surface area (Å²) in [4.78, 5) is 38.1. The van der Waals surface area contributed by atoms with E-state index in [9.17, 15) is 14.4 Å². The van der Waals surface area contributed by atoms with Crippen molar-refractivity contribution < 1.29 is 19.1 Å². The van der Waals surface area contributed by atoms with Gasteiger partial charge in [-0.15, -0.1) is 11.8 Å². The molecule has 2 atom stereocenters. The number of methoxy groups -OCH3 is 1. The van der Waals surface area contributed by atoms with Crippen LogP contribution in [-0.2, 0) is 25.5 Å². The Labute approximate surface area is 149 Å². The van der Waals surface area contributed by atoms with Gasteiger partial charge in [0.25, 0.3) is 5.91 Å². The molecule has 1 aromatic rings. The maximum atomic E-state index is 12.5. The zero-order valence-corrected chi connectivity index (χ0v) is 14.5. The Bertz CT molecular complexity index is 760. The lowest BCUT2D eigenvalue weighted by Crippen LogP contribution is -2.70. The van der Waals surface area contributed by atoms with Gasteiger partial charge in [0.1, 0.15) is 17.1 Å². The number of thioether (sulfide) groups is 1. The summed E-state index contributed by atoms with van der Waals surface area (Å²) in [5.74, 6) is -0.558. The number of hydrogen-bond acceptors (Lipinski definition) is 5. The van der Waals surface area contributed by atoms with Gasteiger partial charge in [-0.1, -0.05) is 43.0 Å². The van der Waals surface area contributed by atoms with Gasteiger partial charge in [0.2, 0.25) is 5.91 Å². The van der Waals surface area contributed by atoms with Crippen molar-refractivity contribution in [1.82, 2.24) is 10.2 Å². The fourth-order valence-electron chi connectivity index (χ4n) is 2.89. The van der Waals surface area contributed by atoms with Crippen molar-refractivity contribution in [3.63, 3.8) is 0 Å².